The molecule has 3 rings (SSSR count). The molecule has 0 fully saturated rings. The average molecular weight is 303 g/mol. The van der Waals surface area contributed by atoms with Crippen LogP contribution in [-0.4, -0.2) is 27.6 Å². The van der Waals surface area contributed by atoms with Crippen LogP contribution in [0.1, 0.15) is 10.4 Å². The van der Waals surface area contributed by atoms with Gasteiger partial charge in [0.15, 0.2) is 5.65 Å². The highest BCUT2D eigenvalue weighted by atomic mass is 35.5. The van der Waals surface area contributed by atoms with Crippen LogP contribution in [0.15, 0.2) is 42.9 Å². The summed E-state index contributed by atoms with van der Waals surface area (Å²) in [7, 11) is 1.53. The lowest BCUT2D eigenvalue weighted by Gasteiger charge is -2.07. The fourth-order valence-electron chi connectivity index (χ4n) is 1.93. The van der Waals surface area contributed by atoms with E-state index in [1.165, 1.54) is 17.8 Å². The van der Waals surface area contributed by atoms with E-state index in [1.807, 2.05) is 0 Å². The molecule has 6 nitrogen and oxygen atoms in total. The van der Waals surface area contributed by atoms with Gasteiger partial charge in [-0.2, -0.15) is 5.10 Å². The second-order valence-corrected chi connectivity index (χ2v) is 4.66. The number of ether oxygens (including phenoxy) is 1. The number of amides is 1. The Morgan fingerprint density at radius 3 is 3.05 bits per heavy atom. The lowest BCUT2D eigenvalue weighted by molar-refractivity contribution is 0.102. The number of methoxy groups -OCH3 is 1. The number of nitrogens with zero attached hydrogens (tertiary/aromatic N) is 3. The van der Waals surface area contributed by atoms with Crippen LogP contribution < -0.4 is 10.1 Å². The van der Waals surface area contributed by atoms with Gasteiger partial charge in [0.05, 0.1) is 18.3 Å². The van der Waals surface area contributed by atoms with Crippen molar-refractivity contribution in [1.29, 1.82) is 0 Å². The molecule has 0 saturated heterocycles. The van der Waals surface area contributed by atoms with Crippen LogP contribution in [-0.2, 0) is 0 Å². The Labute approximate surface area is 125 Å². The third-order valence-corrected chi connectivity index (χ3v) is 3.23. The molecule has 0 radical (unpaired) electrons. The van der Waals surface area contributed by atoms with Gasteiger partial charge in [-0.05, 0) is 24.3 Å². The van der Waals surface area contributed by atoms with Gasteiger partial charge in [0.1, 0.15) is 11.3 Å². The Morgan fingerprint density at radius 1 is 1.43 bits per heavy atom. The second-order valence-electron chi connectivity index (χ2n) is 4.25. The van der Waals surface area contributed by atoms with E-state index in [2.05, 4.69) is 15.4 Å². The van der Waals surface area contributed by atoms with Gasteiger partial charge >= 0.3 is 0 Å². The van der Waals surface area contributed by atoms with Crippen molar-refractivity contribution in [3.63, 3.8) is 0 Å². The van der Waals surface area contributed by atoms with Gasteiger partial charge in [0, 0.05) is 18.1 Å². The highest BCUT2D eigenvalue weighted by molar-refractivity contribution is 6.32. The lowest BCUT2D eigenvalue weighted by Crippen LogP contribution is -2.12. The summed E-state index contributed by atoms with van der Waals surface area (Å²) in [6.45, 7) is 0. The molecule has 2 aromatic heterocycles. The number of hydrogen-bond donors (Lipinski definition) is 1. The Morgan fingerprint density at radius 2 is 2.29 bits per heavy atom. The summed E-state index contributed by atoms with van der Waals surface area (Å²) in [6, 6.07) is 6.76. The highest BCUT2D eigenvalue weighted by Crippen LogP contribution is 2.27. The summed E-state index contributed by atoms with van der Waals surface area (Å²) in [5, 5.41) is 7.25. The molecular formula is C14H11ClN4O2. The van der Waals surface area contributed by atoms with Crippen LogP contribution in [0.5, 0.6) is 5.75 Å². The van der Waals surface area contributed by atoms with E-state index < -0.39 is 0 Å². The molecule has 0 aliphatic heterocycles. The Hall–Kier alpha value is -2.60. The zero-order valence-electron chi connectivity index (χ0n) is 11.1. The summed E-state index contributed by atoms with van der Waals surface area (Å²) >= 11 is 6.03. The van der Waals surface area contributed by atoms with E-state index in [9.17, 15) is 4.79 Å². The van der Waals surface area contributed by atoms with Crippen molar-refractivity contribution in [2.75, 3.05) is 12.4 Å². The molecule has 21 heavy (non-hydrogen) atoms. The first-order chi connectivity index (χ1) is 10.2. The standard InChI is InChI=1S/C14H11ClN4O2/c1-21-12-4-3-9(7-11(12)15)18-14(20)10-8-17-19-6-2-5-16-13(10)19/h2-8H,1H3,(H,18,20). The van der Waals surface area contributed by atoms with Gasteiger partial charge in [-0.15, -0.1) is 0 Å². The average Bonchev–Trinajstić information content (AvgIpc) is 2.91. The number of benzene rings is 1. The molecular weight excluding hydrogens is 292 g/mol. The first kappa shape index (κ1) is 13.4. The van der Waals surface area contributed by atoms with E-state index in [0.29, 0.717) is 27.7 Å². The zero-order valence-corrected chi connectivity index (χ0v) is 11.8. The lowest BCUT2D eigenvalue weighted by atomic mass is 10.2. The molecule has 106 valence electrons. The van der Waals surface area contributed by atoms with Crippen molar-refractivity contribution >= 4 is 28.8 Å². The number of nitrogens with one attached hydrogen (secondary N) is 1. The van der Waals surface area contributed by atoms with Crippen molar-refractivity contribution in [2.45, 2.75) is 0 Å². The number of aromatic nitrogens is 3. The van der Waals surface area contributed by atoms with Crippen LogP contribution in [0.4, 0.5) is 5.69 Å². The minimum absolute atomic E-state index is 0.301. The molecule has 1 aromatic carbocycles. The molecule has 1 amide bonds. The van der Waals surface area contributed by atoms with Crippen LogP contribution in [0, 0.1) is 0 Å². The van der Waals surface area contributed by atoms with Crippen LogP contribution >= 0.6 is 11.6 Å². The number of rotatable bonds is 3. The van der Waals surface area contributed by atoms with Gasteiger partial charge in [-0.3, -0.25) is 4.79 Å². The van der Waals surface area contributed by atoms with E-state index in [0.717, 1.165) is 0 Å². The molecule has 0 unspecified atom stereocenters. The summed E-state index contributed by atoms with van der Waals surface area (Å²) in [5.74, 6) is 0.247. The maximum Gasteiger partial charge on any atom is 0.261 e. The fourth-order valence-corrected chi connectivity index (χ4v) is 2.19. The quantitative estimate of drug-likeness (QED) is 0.807. The molecule has 0 spiro atoms. The summed E-state index contributed by atoms with van der Waals surface area (Å²) in [6.07, 6.45) is 4.81. The van der Waals surface area contributed by atoms with Crippen molar-refractivity contribution in [1.82, 2.24) is 14.6 Å². The Kier molecular flexibility index (Phi) is 3.45. The predicted molar refractivity (Wildman–Crippen MR) is 78.9 cm³/mol. The van der Waals surface area contributed by atoms with Crippen LogP contribution in [0.2, 0.25) is 5.02 Å². The van der Waals surface area contributed by atoms with E-state index in [-0.39, 0.29) is 5.91 Å². The topological polar surface area (TPSA) is 68.5 Å². The van der Waals surface area contributed by atoms with E-state index in [1.54, 1.807) is 36.7 Å². The molecule has 2 heterocycles. The van der Waals surface area contributed by atoms with Gasteiger partial charge in [-0.25, -0.2) is 9.50 Å². The van der Waals surface area contributed by atoms with Crippen molar-refractivity contribution in [2.24, 2.45) is 0 Å². The minimum Gasteiger partial charge on any atom is -0.495 e. The fraction of sp³-hybridized carbons (Fsp3) is 0.0714. The van der Waals surface area contributed by atoms with Crippen molar-refractivity contribution in [3.05, 3.63) is 53.4 Å². The summed E-state index contributed by atoms with van der Waals surface area (Å²) < 4.78 is 6.60. The van der Waals surface area contributed by atoms with Crippen molar-refractivity contribution in [3.8, 4) is 5.75 Å². The third-order valence-electron chi connectivity index (χ3n) is 2.93. The highest BCUT2D eigenvalue weighted by Gasteiger charge is 2.14. The summed E-state index contributed by atoms with van der Waals surface area (Å²) in [4.78, 5) is 16.4. The molecule has 0 aliphatic rings. The van der Waals surface area contributed by atoms with Crippen LogP contribution in [0.25, 0.3) is 5.65 Å². The maximum atomic E-state index is 12.3. The molecule has 7 heteroatoms. The largest absolute Gasteiger partial charge is 0.495 e. The predicted octanol–water partition coefficient (Wildman–Crippen LogP) is 2.64. The van der Waals surface area contributed by atoms with Gasteiger partial charge < -0.3 is 10.1 Å². The van der Waals surface area contributed by atoms with Crippen molar-refractivity contribution < 1.29 is 9.53 Å². The minimum atomic E-state index is -0.301. The first-order valence-corrected chi connectivity index (χ1v) is 6.50. The smallest absolute Gasteiger partial charge is 0.261 e. The molecule has 0 saturated carbocycles. The Bertz CT molecular complexity index is 816. The van der Waals surface area contributed by atoms with Crippen LogP contribution in [0.3, 0.4) is 0 Å². The monoisotopic (exact) mass is 302 g/mol. The maximum absolute atomic E-state index is 12.3. The normalized spacial score (nSPS) is 10.6. The Balaban J connectivity index is 1.88. The first-order valence-electron chi connectivity index (χ1n) is 6.12. The molecule has 3 aromatic rings. The number of carbonyl (C=O) groups is 1. The second kappa shape index (κ2) is 5.41. The SMILES string of the molecule is COc1ccc(NC(=O)c2cnn3cccnc23)cc1Cl. The van der Waals surface area contributed by atoms with Gasteiger partial charge in [0.2, 0.25) is 0 Å². The number of carbonyl (C=O) groups excluding carboxylic acids is 1. The number of hydrogen-bond acceptors (Lipinski definition) is 4. The van der Waals surface area contributed by atoms with Gasteiger partial charge in [0.25, 0.3) is 5.91 Å². The summed E-state index contributed by atoms with van der Waals surface area (Å²) in [5.41, 5.74) is 1.46. The molecule has 0 bridgehead atoms. The number of halogens is 1. The van der Waals surface area contributed by atoms with Gasteiger partial charge in [-0.1, -0.05) is 11.6 Å². The third kappa shape index (κ3) is 2.53. The molecule has 0 aliphatic carbocycles. The van der Waals surface area contributed by atoms with E-state index in [4.69, 9.17) is 16.3 Å². The molecule has 1 N–H and O–H groups in total. The van der Waals surface area contributed by atoms with E-state index >= 15 is 0 Å². The number of fused-ring (bicyclic) bond motifs is 1. The zero-order chi connectivity index (χ0) is 14.8. The number of anilines is 1. The molecule has 0 atom stereocenters.